The second kappa shape index (κ2) is 7.86. The highest BCUT2D eigenvalue weighted by atomic mass is 16.6. The Morgan fingerprint density at radius 1 is 1.12 bits per heavy atom. The van der Waals surface area contributed by atoms with Crippen LogP contribution in [0.4, 0.5) is 11.4 Å². The Labute approximate surface area is 151 Å². The Balaban J connectivity index is 1.68. The van der Waals surface area contributed by atoms with Crippen molar-refractivity contribution in [3.8, 4) is 5.75 Å². The molecule has 7 nitrogen and oxygen atoms in total. The number of piperazine rings is 1. The van der Waals surface area contributed by atoms with Crippen molar-refractivity contribution in [2.45, 2.75) is 6.92 Å². The Hall–Kier alpha value is -3.09. The third-order valence-corrected chi connectivity index (χ3v) is 4.38. The van der Waals surface area contributed by atoms with E-state index in [9.17, 15) is 14.9 Å². The fraction of sp³-hybridized carbons (Fsp3) is 0.316. The van der Waals surface area contributed by atoms with E-state index in [1.54, 1.807) is 17.0 Å². The molecule has 1 aliphatic rings. The fourth-order valence-electron chi connectivity index (χ4n) is 3.08. The standard InChI is InChI=1S/C19H21N3O4/c1-2-26-18-9-4-3-8-17(18)20-10-12-21(13-11-20)19(23)15-6-5-7-16(14-15)22(24)25/h3-9,14H,2,10-13H2,1H3. The number of hydrogen-bond donors (Lipinski definition) is 0. The van der Waals surface area contributed by atoms with Crippen molar-refractivity contribution in [3.05, 3.63) is 64.2 Å². The normalized spacial score (nSPS) is 14.2. The van der Waals surface area contributed by atoms with Gasteiger partial charge in [0.1, 0.15) is 5.75 Å². The molecule has 0 aromatic heterocycles. The first-order chi connectivity index (χ1) is 12.6. The summed E-state index contributed by atoms with van der Waals surface area (Å²) in [6.07, 6.45) is 0. The van der Waals surface area contributed by atoms with Crippen molar-refractivity contribution in [2.75, 3.05) is 37.7 Å². The van der Waals surface area contributed by atoms with Crippen LogP contribution >= 0.6 is 0 Å². The first kappa shape index (κ1) is 17.7. The van der Waals surface area contributed by atoms with Crippen LogP contribution in [0.2, 0.25) is 0 Å². The van der Waals surface area contributed by atoms with Gasteiger partial charge >= 0.3 is 0 Å². The molecule has 2 aromatic rings. The molecule has 0 saturated carbocycles. The summed E-state index contributed by atoms with van der Waals surface area (Å²) in [5.74, 6) is 0.667. The van der Waals surface area contributed by atoms with Gasteiger partial charge in [-0.15, -0.1) is 0 Å². The lowest BCUT2D eigenvalue weighted by molar-refractivity contribution is -0.384. The van der Waals surface area contributed by atoms with Gasteiger partial charge in [-0.25, -0.2) is 0 Å². The number of para-hydroxylation sites is 2. The molecule has 7 heteroatoms. The Morgan fingerprint density at radius 3 is 2.54 bits per heavy atom. The largest absolute Gasteiger partial charge is 0.492 e. The van der Waals surface area contributed by atoms with Gasteiger partial charge in [0.15, 0.2) is 0 Å². The van der Waals surface area contributed by atoms with Crippen molar-refractivity contribution in [1.29, 1.82) is 0 Å². The van der Waals surface area contributed by atoms with E-state index in [0.29, 0.717) is 38.3 Å². The molecule has 0 atom stereocenters. The highest BCUT2D eigenvalue weighted by molar-refractivity contribution is 5.95. The molecule has 2 aromatic carbocycles. The number of carbonyl (C=O) groups excluding carboxylic acids is 1. The average Bonchev–Trinajstić information content (AvgIpc) is 2.68. The van der Waals surface area contributed by atoms with E-state index in [1.807, 2.05) is 31.2 Å². The van der Waals surface area contributed by atoms with Crippen LogP contribution in [0.5, 0.6) is 5.75 Å². The monoisotopic (exact) mass is 355 g/mol. The number of nitrogens with zero attached hydrogens (tertiary/aromatic N) is 3. The van der Waals surface area contributed by atoms with Gasteiger partial charge in [-0.2, -0.15) is 0 Å². The highest BCUT2D eigenvalue weighted by Crippen LogP contribution is 2.29. The lowest BCUT2D eigenvalue weighted by atomic mass is 10.1. The third kappa shape index (κ3) is 3.77. The van der Waals surface area contributed by atoms with Crippen LogP contribution in [0.3, 0.4) is 0 Å². The van der Waals surface area contributed by atoms with E-state index >= 15 is 0 Å². The van der Waals surface area contributed by atoms with Crippen LogP contribution in [-0.4, -0.2) is 48.5 Å². The zero-order chi connectivity index (χ0) is 18.5. The predicted molar refractivity (Wildman–Crippen MR) is 98.8 cm³/mol. The number of carbonyl (C=O) groups is 1. The Bertz CT molecular complexity index is 801. The molecule has 0 radical (unpaired) electrons. The maximum absolute atomic E-state index is 12.6. The van der Waals surface area contributed by atoms with Crippen molar-refractivity contribution < 1.29 is 14.5 Å². The van der Waals surface area contributed by atoms with Crippen LogP contribution < -0.4 is 9.64 Å². The quantitative estimate of drug-likeness (QED) is 0.609. The number of benzene rings is 2. The average molecular weight is 355 g/mol. The number of ether oxygens (including phenoxy) is 1. The lowest BCUT2D eigenvalue weighted by Gasteiger charge is -2.36. The molecule has 0 N–H and O–H groups in total. The molecule has 0 aliphatic carbocycles. The number of hydrogen-bond acceptors (Lipinski definition) is 5. The minimum absolute atomic E-state index is 0.0693. The van der Waals surface area contributed by atoms with E-state index in [0.717, 1.165) is 11.4 Å². The minimum atomic E-state index is -0.487. The Kier molecular flexibility index (Phi) is 5.36. The Morgan fingerprint density at radius 2 is 1.85 bits per heavy atom. The van der Waals surface area contributed by atoms with Gasteiger partial charge in [-0.05, 0) is 25.1 Å². The minimum Gasteiger partial charge on any atom is -0.492 e. The zero-order valence-electron chi connectivity index (χ0n) is 14.6. The summed E-state index contributed by atoms with van der Waals surface area (Å²) in [5.41, 5.74) is 1.30. The third-order valence-electron chi connectivity index (χ3n) is 4.38. The summed E-state index contributed by atoms with van der Waals surface area (Å²) in [4.78, 5) is 27.0. The van der Waals surface area contributed by atoms with Gasteiger partial charge < -0.3 is 14.5 Å². The van der Waals surface area contributed by atoms with Gasteiger partial charge in [-0.1, -0.05) is 18.2 Å². The summed E-state index contributed by atoms with van der Waals surface area (Å²) < 4.78 is 5.68. The summed E-state index contributed by atoms with van der Waals surface area (Å²) >= 11 is 0. The van der Waals surface area contributed by atoms with E-state index in [-0.39, 0.29) is 11.6 Å². The summed E-state index contributed by atoms with van der Waals surface area (Å²) in [5, 5.41) is 10.9. The van der Waals surface area contributed by atoms with E-state index in [1.165, 1.54) is 12.1 Å². The van der Waals surface area contributed by atoms with E-state index in [2.05, 4.69) is 4.90 Å². The van der Waals surface area contributed by atoms with Gasteiger partial charge in [-0.3, -0.25) is 14.9 Å². The number of nitro benzene ring substituents is 1. The van der Waals surface area contributed by atoms with Crippen LogP contribution in [-0.2, 0) is 0 Å². The molecular formula is C19H21N3O4. The second-order valence-electron chi connectivity index (χ2n) is 5.99. The number of nitro groups is 1. The van der Waals surface area contributed by atoms with E-state index < -0.39 is 4.92 Å². The molecule has 0 unspecified atom stereocenters. The highest BCUT2D eigenvalue weighted by Gasteiger charge is 2.24. The molecule has 0 bridgehead atoms. The molecule has 136 valence electrons. The fourth-order valence-corrected chi connectivity index (χ4v) is 3.08. The molecule has 1 aliphatic heterocycles. The molecule has 26 heavy (non-hydrogen) atoms. The van der Waals surface area contributed by atoms with Crippen molar-refractivity contribution in [1.82, 2.24) is 4.90 Å². The number of non-ortho nitro benzene ring substituents is 1. The lowest BCUT2D eigenvalue weighted by Crippen LogP contribution is -2.48. The molecular weight excluding hydrogens is 334 g/mol. The summed E-state index contributed by atoms with van der Waals surface area (Å²) in [7, 11) is 0. The SMILES string of the molecule is CCOc1ccccc1N1CCN(C(=O)c2cccc([N+](=O)[O-])c2)CC1. The van der Waals surface area contributed by atoms with Crippen LogP contribution in [0.15, 0.2) is 48.5 Å². The van der Waals surface area contributed by atoms with Gasteiger partial charge in [0.2, 0.25) is 0 Å². The van der Waals surface area contributed by atoms with Gasteiger partial charge in [0.25, 0.3) is 11.6 Å². The van der Waals surface area contributed by atoms with Crippen LogP contribution in [0.1, 0.15) is 17.3 Å². The molecule has 0 spiro atoms. The molecule has 1 fully saturated rings. The summed E-state index contributed by atoms with van der Waals surface area (Å²) in [6.45, 7) is 5.04. The topological polar surface area (TPSA) is 75.9 Å². The van der Waals surface area contributed by atoms with Gasteiger partial charge in [0.05, 0.1) is 17.2 Å². The number of amides is 1. The predicted octanol–water partition coefficient (Wildman–Crippen LogP) is 2.96. The first-order valence-corrected chi connectivity index (χ1v) is 8.60. The van der Waals surface area contributed by atoms with Crippen molar-refractivity contribution in [3.63, 3.8) is 0 Å². The smallest absolute Gasteiger partial charge is 0.270 e. The van der Waals surface area contributed by atoms with Gasteiger partial charge in [0, 0.05) is 43.9 Å². The number of anilines is 1. The van der Waals surface area contributed by atoms with E-state index in [4.69, 9.17) is 4.74 Å². The molecule has 1 amide bonds. The van der Waals surface area contributed by atoms with Crippen LogP contribution in [0.25, 0.3) is 0 Å². The maximum atomic E-state index is 12.6. The zero-order valence-corrected chi connectivity index (χ0v) is 14.6. The number of rotatable bonds is 5. The van der Waals surface area contributed by atoms with Crippen LogP contribution in [0, 0.1) is 10.1 Å². The maximum Gasteiger partial charge on any atom is 0.270 e. The molecule has 3 rings (SSSR count). The van der Waals surface area contributed by atoms with Crippen molar-refractivity contribution >= 4 is 17.3 Å². The molecule has 1 saturated heterocycles. The molecule has 1 heterocycles. The summed E-state index contributed by atoms with van der Waals surface area (Å²) in [6, 6.07) is 13.8. The van der Waals surface area contributed by atoms with Crippen molar-refractivity contribution in [2.24, 2.45) is 0 Å². The second-order valence-corrected chi connectivity index (χ2v) is 5.99. The first-order valence-electron chi connectivity index (χ1n) is 8.60.